The Kier molecular flexibility index (Phi) is 3.19. The first-order valence-electron chi connectivity index (χ1n) is 6.99. The zero-order valence-electron chi connectivity index (χ0n) is 11.6. The molecule has 2 aliphatic rings. The molecule has 4 atom stereocenters. The Morgan fingerprint density at radius 3 is 2.68 bits per heavy atom. The summed E-state index contributed by atoms with van der Waals surface area (Å²) in [6.45, 7) is 8.62. The van der Waals surface area contributed by atoms with Gasteiger partial charge >= 0.3 is 121 Å². The van der Waals surface area contributed by atoms with Crippen LogP contribution in [0.25, 0.3) is 0 Å². The van der Waals surface area contributed by atoms with E-state index in [0.717, 1.165) is 12.8 Å². The summed E-state index contributed by atoms with van der Waals surface area (Å²) in [5, 5.41) is 0. The van der Waals surface area contributed by atoms with Gasteiger partial charge in [0, 0.05) is 0 Å². The summed E-state index contributed by atoms with van der Waals surface area (Å²) in [7, 11) is 0. The number of allylic oxidation sites excluding steroid dienone is 1. The van der Waals surface area contributed by atoms with Crippen molar-refractivity contribution in [1.82, 2.24) is 0 Å². The SMILES string of the molecule is C=C1[C@@H]2CC[C@@]1(C)C(=O)[C@H]([Se]c1ccccc1)[C@H]2C. The van der Waals surface area contributed by atoms with Gasteiger partial charge < -0.3 is 0 Å². The van der Waals surface area contributed by atoms with Crippen molar-refractivity contribution in [3.8, 4) is 0 Å². The Balaban J connectivity index is 1.90. The van der Waals surface area contributed by atoms with E-state index in [0.29, 0.717) is 17.6 Å². The van der Waals surface area contributed by atoms with E-state index in [-0.39, 0.29) is 25.2 Å². The van der Waals surface area contributed by atoms with Crippen molar-refractivity contribution in [2.75, 3.05) is 0 Å². The van der Waals surface area contributed by atoms with Crippen molar-refractivity contribution in [2.45, 2.75) is 31.5 Å². The van der Waals surface area contributed by atoms with Gasteiger partial charge in [-0.2, -0.15) is 0 Å². The van der Waals surface area contributed by atoms with Crippen LogP contribution in [0.15, 0.2) is 42.5 Å². The van der Waals surface area contributed by atoms with E-state index in [9.17, 15) is 4.79 Å². The molecule has 0 radical (unpaired) electrons. The molecule has 0 heterocycles. The summed E-state index contributed by atoms with van der Waals surface area (Å²) in [5.41, 5.74) is 0.989. The molecule has 19 heavy (non-hydrogen) atoms. The van der Waals surface area contributed by atoms with Crippen LogP contribution >= 0.6 is 0 Å². The monoisotopic (exact) mass is 320 g/mol. The fourth-order valence-electron chi connectivity index (χ4n) is 3.62. The van der Waals surface area contributed by atoms with Crippen LogP contribution in [0.1, 0.15) is 26.7 Å². The third kappa shape index (κ3) is 1.93. The Hall–Kier alpha value is -0.851. The molecule has 0 saturated heterocycles. The maximum atomic E-state index is 12.9. The molecule has 2 bridgehead atoms. The van der Waals surface area contributed by atoms with Gasteiger partial charge in [-0.1, -0.05) is 0 Å². The van der Waals surface area contributed by atoms with Gasteiger partial charge in [0.05, 0.1) is 0 Å². The van der Waals surface area contributed by atoms with Crippen LogP contribution in [0.3, 0.4) is 0 Å². The van der Waals surface area contributed by atoms with Crippen LogP contribution in [-0.2, 0) is 4.79 Å². The van der Waals surface area contributed by atoms with E-state index in [1.165, 1.54) is 10.0 Å². The van der Waals surface area contributed by atoms with Crippen molar-refractivity contribution in [3.05, 3.63) is 42.5 Å². The topological polar surface area (TPSA) is 17.1 Å². The molecule has 2 fully saturated rings. The second kappa shape index (κ2) is 4.61. The summed E-state index contributed by atoms with van der Waals surface area (Å²) in [6, 6.07) is 10.5. The molecule has 0 unspecified atom stereocenters. The summed E-state index contributed by atoms with van der Waals surface area (Å²) in [5.74, 6) is 1.50. The normalized spacial score (nSPS) is 37.7. The minimum absolute atomic E-state index is 0.224. The number of carbonyl (C=O) groups excluding carboxylic acids is 1. The number of Topliss-reactive ketones (excluding diaryl/α,β-unsaturated/α-hetero) is 1. The third-order valence-corrected chi connectivity index (χ3v) is 8.06. The van der Waals surface area contributed by atoms with E-state index in [2.05, 4.69) is 44.7 Å². The number of benzene rings is 1. The summed E-state index contributed by atoms with van der Waals surface area (Å²) in [6.07, 6.45) is 2.17. The van der Waals surface area contributed by atoms with Gasteiger partial charge in [0.2, 0.25) is 0 Å². The summed E-state index contributed by atoms with van der Waals surface area (Å²) < 4.78 is 1.34. The predicted molar refractivity (Wildman–Crippen MR) is 79.7 cm³/mol. The number of hydrogen-bond acceptors (Lipinski definition) is 1. The van der Waals surface area contributed by atoms with Crippen LogP contribution < -0.4 is 4.46 Å². The first kappa shape index (κ1) is 13.1. The van der Waals surface area contributed by atoms with Gasteiger partial charge in [-0.3, -0.25) is 0 Å². The van der Waals surface area contributed by atoms with Gasteiger partial charge in [-0.25, -0.2) is 0 Å². The molecule has 2 aliphatic carbocycles. The van der Waals surface area contributed by atoms with E-state index in [1.807, 2.05) is 6.07 Å². The van der Waals surface area contributed by atoms with Crippen LogP contribution in [0.4, 0.5) is 0 Å². The molecular weight excluding hydrogens is 299 g/mol. The van der Waals surface area contributed by atoms with Crippen molar-refractivity contribution in [1.29, 1.82) is 0 Å². The average molecular weight is 319 g/mol. The Morgan fingerprint density at radius 2 is 2.00 bits per heavy atom. The quantitative estimate of drug-likeness (QED) is 0.605. The Morgan fingerprint density at radius 1 is 1.32 bits per heavy atom. The molecule has 0 aromatic heterocycles. The summed E-state index contributed by atoms with van der Waals surface area (Å²) >= 11 is 0.252. The van der Waals surface area contributed by atoms with Gasteiger partial charge in [0.1, 0.15) is 0 Å². The van der Waals surface area contributed by atoms with Crippen molar-refractivity contribution in [3.63, 3.8) is 0 Å². The molecular formula is C17H20OSe. The Labute approximate surface area is 121 Å². The molecule has 1 nitrogen and oxygen atoms in total. The van der Waals surface area contributed by atoms with E-state index >= 15 is 0 Å². The molecule has 100 valence electrons. The zero-order chi connectivity index (χ0) is 13.6. The number of hydrogen-bond donors (Lipinski definition) is 0. The molecule has 0 N–H and O–H groups in total. The van der Waals surface area contributed by atoms with Gasteiger partial charge in [-0.05, 0) is 0 Å². The van der Waals surface area contributed by atoms with Crippen molar-refractivity contribution in [2.24, 2.45) is 17.3 Å². The second-order valence-electron chi connectivity index (χ2n) is 6.08. The standard InChI is InChI=1S/C17H20OSe/c1-11-14-9-10-17(3,12(14)2)16(18)15(11)19-13-7-5-4-6-8-13/h4-8,11,14-15H,2,9-10H2,1,3H3/t11-,14+,15+,17+/m0/s1. The summed E-state index contributed by atoms with van der Waals surface area (Å²) in [4.78, 5) is 13.1. The van der Waals surface area contributed by atoms with Crippen LogP contribution in [-0.4, -0.2) is 20.7 Å². The fourth-order valence-corrected chi connectivity index (χ4v) is 6.51. The van der Waals surface area contributed by atoms with E-state index in [4.69, 9.17) is 0 Å². The van der Waals surface area contributed by atoms with Gasteiger partial charge in [-0.15, -0.1) is 0 Å². The predicted octanol–water partition coefficient (Wildman–Crippen LogP) is 3.00. The number of ketones is 1. The van der Waals surface area contributed by atoms with Crippen LogP contribution in [0, 0.1) is 17.3 Å². The number of fused-ring (bicyclic) bond motifs is 2. The molecule has 2 saturated carbocycles. The number of carbonyl (C=O) groups is 1. The first-order chi connectivity index (χ1) is 9.04. The van der Waals surface area contributed by atoms with Crippen molar-refractivity contribution < 1.29 is 4.79 Å². The van der Waals surface area contributed by atoms with E-state index < -0.39 is 0 Å². The van der Waals surface area contributed by atoms with Gasteiger partial charge in [0.15, 0.2) is 0 Å². The molecule has 2 heteroatoms. The average Bonchev–Trinajstić information content (AvgIpc) is 2.68. The maximum absolute atomic E-state index is 12.9. The van der Waals surface area contributed by atoms with Crippen molar-refractivity contribution >= 4 is 25.2 Å². The van der Waals surface area contributed by atoms with Crippen LogP contribution in [0.5, 0.6) is 0 Å². The zero-order valence-corrected chi connectivity index (χ0v) is 13.3. The molecule has 0 aliphatic heterocycles. The number of rotatable bonds is 2. The Bertz CT molecular complexity index is 521. The molecule has 1 aromatic rings. The first-order valence-corrected chi connectivity index (χ1v) is 8.84. The molecule has 0 amide bonds. The van der Waals surface area contributed by atoms with E-state index in [1.54, 1.807) is 0 Å². The third-order valence-electron chi connectivity index (χ3n) is 5.03. The second-order valence-corrected chi connectivity index (χ2v) is 8.63. The molecule has 0 spiro atoms. The van der Waals surface area contributed by atoms with Gasteiger partial charge in [0.25, 0.3) is 0 Å². The molecule has 1 aromatic carbocycles. The fraction of sp³-hybridized carbons (Fsp3) is 0.471. The van der Waals surface area contributed by atoms with Crippen LogP contribution in [0.2, 0.25) is 4.82 Å². The molecule has 3 rings (SSSR count). The minimum atomic E-state index is -0.224.